The first kappa shape index (κ1) is 15.7. The lowest BCUT2D eigenvalue weighted by Gasteiger charge is -2.35. The zero-order chi connectivity index (χ0) is 17.4. The second-order valence-corrected chi connectivity index (χ2v) is 6.64. The van der Waals surface area contributed by atoms with Gasteiger partial charge in [0.05, 0.1) is 23.3 Å². The molecule has 1 fully saturated rings. The van der Waals surface area contributed by atoms with Crippen molar-refractivity contribution in [1.82, 2.24) is 24.3 Å². The summed E-state index contributed by atoms with van der Waals surface area (Å²) in [7, 11) is 0. The van der Waals surface area contributed by atoms with Crippen LogP contribution in [0, 0.1) is 13.8 Å². The maximum absolute atomic E-state index is 13.1. The van der Waals surface area contributed by atoms with E-state index >= 15 is 0 Å². The zero-order valence-electron chi connectivity index (χ0n) is 14.5. The third kappa shape index (κ3) is 2.88. The molecule has 1 amide bonds. The zero-order valence-corrected chi connectivity index (χ0v) is 14.5. The highest BCUT2D eigenvalue weighted by molar-refractivity contribution is 5.94. The monoisotopic (exact) mass is 335 g/mol. The quantitative estimate of drug-likeness (QED) is 0.722. The molecule has 4 rings (SSSR count). The fraction of sp³-hybridized carbons (Fsp3) is 0.368. The second kappa shape index (κ2) is 6.27. The third-order valence-corrected chi connectivity index (χ3v) is 4.78. The molecule has 0 radical (unpaired) electrons. The van der Waals surface area contributed by atoms with Crippen molar-refractivity contribution in [1.29, 1.82) is 0 Å². The Morgan fingerprint density at radius 1 is 1.16 bits per heavy atom. The summed E-state index contributed by atoms with van der Waals surface area (Å²) < 4.78 is 2.00. The van der Waals surface area contributed by atoms with Gasteiger partial charge in [-0.05, 0) is 51.3 Å². The molecule has 25 heavy (non-hydrogen) atoms. The van der Waals surface area contributed by atoms with Gasteiger partial charge in [0.15, 0.2) is 0 Å². The Labute approximate surface area is 146 Å². The van der Waals surface area contributed by atoms with Gasteiger partial charge < -0.3 is 4.90 Å². The van der Waals surface area contributed by atoms with E-state index in [1.807, 2.05) is 47.5 Å². The summed E-state index contributed by atoms with van der Waals surface area (Å²) in [6.07, 6.45) is 8.29. The first-order valence-corrected chi connectivity index (χ1v) is 8.67. The maximum Gasteiger partial charge on any atom is 0.256 e. The minimum atomic E-state index is -0.0425. The highest BCUT2D eigenvalue weighted by Crippen LogP contribution is 2.31. The molecule has 0 N–H and O–H groups in total. The van der Waals surface area contributed by atoms with Gasteiger partial charge in [0, 0.05) is 24.1 Å². The van der Waals surface area contributed by atoms with Crippen LogP contribution in [-0.4, -0.2) is 36.7 Å². The molecule has 1 unspecified atom stereocenters. The molecule has 0 saturated carbocycles. The maximum atomic E-state index is 13.1. The fourth-order valence-electron chi connectivity index (χ4n) is 3.52. The summed E-state index contributed by atoms with van der Waals surface area (Å²) in [6, 6.07) is 5.70. The first-order chi connectivity index (χ1) is 12.1. The Kier molecular flexibility index (Phi) is 3.95. The number of hydrogen-bond acceptors (Lipinski definition) is 4. The van der Waals surface area contributed by atoms with E-state index in [2.05, 4.69) is 9.97 Å². The summed E-state index contributed by atoms with van der Waals surface area (Å²) in [5, 5.41) is 0. The van der Waals surface area contributed by atoms with Gasteiger partial charge in [-0.15, -0.1) is 0 Å². The van der Waals surface area contributed by atoms with Gasteiger partial charge in [0.2, 0.25) is 0 Å². The molecular weight excluding hydrogens is 314 g/mol. The number of carbonyl (C=O) groups is 1. The minimum Gasteiger partial charge on any atom is -0.328 e. The average molecular weight is 335 g/mol. The molecule has 128 valence electrons. The molecule has 1 atom stereocenters. The van der Waals surface area contributed by atoms with Crippen LogP contribution in [-0.2, 0) is 0 Å². The molecule has 0 aliphatic carbocycles. The second-order valence-electron chi connectivity index (χ2n) is 6.64. The molecule has 1 saturated heterocycles. The highest BCUT2D eigenvalue weighted by atomic mass is 16.2. The number of fused-ring (bicyclic) bond motifs is 1. The first-order valence-electron chi connectivity index (χ1n) is 8.67. The molecule has 0 bridgehead atoms. The van der Waals surface area contributed by atoms with Gasteiger partial charge in [-0.25, -0.2) is 9.97 Å². The summed E-state index contributed by atoms with van der Waals surface area (Å²) >= 11 is 0. The van der Waals surface area contributed by atoms with Crippen LogP contribution in [0.4, 0.5) is 0 Å². The van der Waals surface area contributed by atoms with Crippen molar-refractivity contribution in [2.45, 2.75) is 39.2 Å². The fourth-order valence-corrected chi connectivity index (χ4v) is 3.52. The van der Waals surface area contributed by atoms with E-state index in [-0.39, 0.29) is 11.9 Å². The van der Waals surface area contributed by atoms with Crippen LogP contribution >= 0.6 is 0 Å². The van der Waals surface area contributed by atoms with E-state index < -0.39 is 0 Å². The molecule has 0 aromatic carbocycles. The topological polar surface area (TPSA) is 63.4 Å². The Bertz CT molecular complexity index is 915. The summed E-state index contributed by atoms with van der Waals surface area (Å²) in [5.41, 5.74) is 3.50. The minimum absolute atomic E-state index is 0.0220. The largest absolute Gasteiger partial charge is 0.328 e. The van der Waals surface area contributed by atoms with Crippen molar-refractivity contribution < 1.29 is 4.79 Å². The number of nitrogens with zero attached hydrogens (tertiary/aromatic N) is 5. The average Bonchev–Trinajstić information content (AvgIpc) is 3.09. The number of imidazole rings is 1. The van der Waals surface area contributed by atoms with Gasteiger partial charge in [0.25, 0.3) is 5.91 Å². The molecule has 3 aromatic rings. The van der Waals surface area contributed by atoms with Crippen molar-refractivity contribution >= 4 is 11.4 Å². The standard InChI is InChI=1S/C19H21N5O/c1-13-6-7-15(10-21-13)19(25)23-8-4-3-5-17(23)18-22-14(2)9-16-11-20-12-24(16)18/h6-7,9-12,17H,3-5,8H2,1-2H3. The van der Waals surface area contributed by atoms with E-state index in [1.54, 1.807) is 12.5 Å². The van der Waals surface area contributed by atoms with Gasteiger partial charge >= 0.3 is 0 Å². The summed E-state index contributed by atoms with van der Waals surface area (Å²) in [4.78, 5) is 28.3. The van der Waals surface area contributed by atoms with Crippen molar-refractivity contribution in [3.8, 4) is 0 Å². The SMILES string of the molecule is Cc1ccc(C(=O)N2CCCCC2c2nc(C)cc3cncn23)cn1. The van der Waals surface area contributed by atoms with Gasteiger partial charge in [-0.2, -0.15) is 0 Å². The van der Waals surface area contributed by atoms with Crippen LogP contribution in [0.15, 0.2) is 36.9 Å². The number of pyridine rings is 1. The van der Waals surface area contributed by atoms with Crippen LogP contribution in [0.25, 0.3) is 5.52 Å². The van der Waals surface area contributed by atoms with E-state index in [4.69, 9.17) is 4.98 Å². The lowest BCUT2D eigenvalue weighted by atomic mass is 10.00. The molecular formula is C19H21N5O. The van der Waals surface area contributed by atoms with Crippen LogP contribution in [0.3, 0.4) is 0 Å². The predicted octanol–water partition coefficient (Wildman–Crippen LogP) is 3.11. The van der Waals surface area contributed by atoms with E-state index in [0.717, 1.165) is 48.5 Å². The number of likely N-dealkylation sites (tertiary alicyclic amines) is 1. The van der Waals surface area contributed by atoms with Crippen LogP contribution < -0.4 is 0 Å². The van der Waals surface area contributed by atoms with E-state index in [0.29, 0.717) is 5.56 Å². The van der Waals surface area contributed by atoms with Crippen molar-refractivity contribution in [2.24, 2.45) is 0 Å². The number of piperidine rings is 1. The number of amides is 1. The Morgan fingerprint density at radius 2 is 2.04 bits per heavy atom. The molecule has 3 aromatic heterocycles. The molecule has 1 aliphatic heterocycles. The van der Waals surface area contributed by atoms with Crippen LogP contribution in [0.1, 0.15) is 52.9 Å². The highest BCUT2D eigenvalue weighted by Gasteiger charge is 2.31. The van der Waals surface area contributed by atoms with Crippen molar-refractivity contribution in [3.05, 3.63) is 59.7 Å². The van der Waals surface area contributed by atoms with Crippen molar-refractivity contribution in [3.63, 3.8) is 0 Å². The number of aryl methyl sites for hydroxylation is 2. The van der Waals surface area contributed by atoms with Crippen LogP contribution in [0.2, 0.25) is 0 Å². The molecule has 6 nitrogen and oxygen atoms in total. The number of hydrogen-bond donors (Lipinski definition) is 0. The summed E-state index contributed by atoms with van der Waals surface area (Å²) in [5.74, 6) is 0.911. The molecule has 0 spiro atoms. The Balaban J connectivity index is 1.75. The Hall–Kier alpha value is -2.76. The normalized spacial score (nSPS) is 17.8. The lowest BCUT2D eigenvalue weighted by Crippen LogP contribution is -2.39. The van der Waals surface area contributed by atoms with E-state index in [9.17, 15) is 4.79 Å². The smallest absolute Gasteiger partial charge is 0.256 e. The molecule has 1 aliphatic rings. The molecule has 6 heteroatoms. The predicted molar refractivity (Wildman–Crippen MR) is 94.3 cm³/mol. The number of aromatic nitrogens is 4. The van der Waals surface area contributed by atoms with Gasteiger partial charge in [-0.1, -0.05) is 0 Å². The van der Waals surface area contributed by atoms with Gasteiger partial charge in [-0.3, -0.25) is 14.2 Å². The Morgan fingerprint density at radius 3 is 2.84 bits per heavy atom. The van der Waals surface area contributed by atoms with Crippen molar-refractivity contribution in [2.75, 3.05) is 6.54 Å². The van der Waals surface area contributed by atoms with Crippen LogP contribution in [0.5, 0.6) is 0 Å². The van der Waals surface area contributed by atoms with Gasteiger partial charge in [0.1, 0.15) is 12.2 Å². The third-order valence-electron chi connectivity index (χ3n) is 4.78. The lowest BCUT2D eigenvalue weighted by molar-refractivity contribution is 0.0597. The van der Waals surface area contributed by atoms with E-state index in [1.165, 1.54) is 0 Å². The number of carbonyl (C=O) groups excluding carboxylic acids is 1. The molecule has 4 heterocycles. The number of rotatable bonds is 2. The summed E-state index contributed by atoms with van der Waals surface area (Å²) in [6.45, 7) is 4.64.